The van der Waals surface area contributed by atoms with E-state index in [1.807, 2.05) is 0 Å². The van der Waals surface area contributed by atoms with E-state index in [-0.39, 0.29) is 0 Å². The Bertz CT molecular complexity index is 602. The molecule has 0 atom stereocenters. The Morgan fingerprint density at radius 2 is 1.71 bits per heavy atom. The number of alkyl halides is 3. The lowest BCUT2D eigenvalue weighted by Gasteiger charge is -2.31. The largest absolute Gasteiger partial charge is 0.497 e. The van der Waals surface area contributed by atoms with E-state index in [9.17, 15) is 26.5 Å². The number of hydrogen-bond acceptors (Lipinski definition) is 2. The molecular formula is C12H16F3NO4S. The summed E-state index contributed by atoms with van der Waals surface area (Å²) in [5.41, 5.74) is -2.08. The maximum atomic E-state index is 13.0. The lowest BCUT2D eigenvalue weighted by molar-refractivity contribution is -0.0580. The molecule has 1 rings (SSSR count). The molecule has 0 unspecified atom stereocenters. The second-order valence-electron chi connectivity index (χ2n) is 4.60. The smallest absolute Gasteiger partial charge is 0.434 e. The zero-order valence-electron chi connectivity index (χ0n) is 11.6. The molecule has 21 heavy (non-hydrogen) atoms. The van der Waals surface area contributed by atoms with Crippen LogP contribution in [0.4, 0.5) is 13.2 Å². The van der Waals surface area contributed by atoms with Gasteiger partial charge < -0.3 is 4.74 Å². The molecule has 0 aliphatic rings. The molecule has 0 bridgehead atoms. The van der Waals surface area contributed by atoms with Crippen LogP contribution in [0.25, 0.3) is 0 Å². The average Bonchev–Trinajstić information content (AvgIpc) is 2.34. The molecule has 0 spiro atoms. The fourth-order valence-electron chi connectivity index (χ4n) is 1.29. The second kappa shape index (κ2) is 5.39. The van der Waals surface area contributed by atoms with E-state index in [1.54, 1.807) is 0 Å². The van der Waals surface area contributed by atoms with E-state index >= 15 is 0 Å². The van der Waals surface area contributed by atoms with Gasteiger partial charge in [0.1, 0.15) is 5.75 Å². The monoisotopic (exact) mass is 327 g/mol. The van der Waals surface area contributed by atoms with Crippen LogP contribution < -0.4 is 4.74 Å². The number of rotatable bonds is 4. The van der Waals surface area contributed by atoms with Gasteiger partial charge in [-0.1, -0.05) is 0 Å². The van der Waals surface area contributed by atoms with Crippen LogP contribution in [0.15, 0.2) is 28.7 Å². The number of methoxy groups -OCH3 is 1. The van der Waals surface area contributed by atoms with Gasteiger partial charge in [-0.2, -0.15) is 17.6 Å². The van der Waals surface area contributed by atoms with Crippen LogP contribution in [0.1, 0.15) is 19.4 Å². The summed E-state index contributed by atoms with van der Waals surface area (Å²) in [6.45, 7) is 2.20. The van der Waals surface area contributed by atoms with Gasteiger partial charge in [-0.15, -0.1) is 0 Å². The highest BCUT2D eigenvalue weighted by Gasteiger charge is 2.43. The highest BCUT2D eigenvalue weighted by molar-refractivity contribution is 8.09. The first-order valence-electron chi connectivity index (χ1n) is 5.83. The molecule has 0 radical (unpaired) electrons. The number of benzene rings is 1. The fraction of sp³-hybridized carbons (Fsp3) is 0.417. The van der Waals surface area contributed by atoms with Gasteiger partial charge in [-0.3, -0.25) is 9.11 Å². The van der Waals surface area contributed by atoms with E-state index in [4.69, 9.17) is 4.74 Å². The van der Waals surface area contributed by atoms with Gasteiger partial charge in [-0.05, 0) is 38.1 Å². The quantitative estimate of drug-likeness (QED) is 0.833. The lowest BCUT2D eigenvalue weighted by Crippen LogP contribution is -2.41. The van der Waals surface area contributed by atoms with E-state index in [0.717, 1.165) is 26.0 Å². The highest BCUT2D eigenvalue weighted by atomic mass is 32.3. The van der Waals surface area contributed by atoms with Crippen LogP contribution in [0.5, 0.6) is 5.75 Å². The van der Waals surface area contributed by atoms with Crippen molar-refractivity contribution in [2.75, 3.05) is 7.11 Å². The summed E-state index contributed by atoms with van der Waals surface area (Å²) >= 11 is 0. The number of ether oxygens (including phenoxy) is 1. The SMILES string of the molecule is COc1ccc(C(=NS(=O)(O)(O)C(C)C)C(F)(F)F)cc1. The van der Waals surface area contributed by atoms with Crippen LogP contribution in [-0.4, -0.2) is 37.6 Å². The molecule has 0 aliphatic carbocycles. The van der Waals surface area contributed by atoms with E-state index in [2.05, 4.69) is 4.40 Å². The fourth-order valence-corrected chi connectivity index (χ4v) is 2.06. The minimum Gasteiger partial charge on any atom is -0.497 e. The molecule has 0 aliphatic heterocycles. The molecule has 0 aromatic heterocycles. The third-order valence-corrected chi connectivity index (χ3v) is 4.90. The summed E-state index contributed by atoms with van der Waals surface area (Å²) in [4.78, 5) is 0. The van der Waals surface area contributed by atoms with Crippen LogP contribution >= 0.6 is 0 Å². The van der Waals surface area contributed by atoms with Crippen molar-refractivity contribution in [2.45, 2.75) is 25.3 Å². The Hall–Kier alpha value is -1.45. The molecule has 0 saturated carbocycles. The predicted molar refractivity (Wildman–Crippen MR) is 74.1 cm³/mol. The van der Waals surface area contributed by atoms with Crippen LogP contribution in [0.3, 0.4) is 0 Å². The Kier molecular flexibility index (Phi) is 4.52. The molecular weight excluding hydrogens is 311 g/mol. The van der Waals surface area contributed by atoms with Gasteiger partial charge >= 0.3 is 6.18 Å². The van der Waals surface area contributed by atoms with Gasteiger partial charge in [0.25, 0.3) is 0 Å². The molecule has 2 N–H and O–H groups in total. The number of hydrogen-bond donors (Lipinski definition) is 2. The van der Waals surface area contributed by atoms with Crippen molar-refractivity contribution in [3.05, 3.63) is 29.8 Å². The average molecular weight is 327 g/mol. The third-order valence-electron chi connectivity index (χ3n) is 2.72. The van der Waals surface area contributed by atoms with E-state index in [1.165, 1.54) is 19.2 Å². The van der Waals surface area contributed by atoms with Gasteiger partial charge in [0.05, 0.1) is 12.4 Å². The number of halogens is 3. The molecule has 5 nitrogen and oxygen atoms in total. The first-order valence-corrected chi connectivity index (χ1v) is 7.73. The van der Waals surface area contributed by atoms with Gasteiger partial charge in [-0.25, -0.2) is 4.21 Å². The van der Waals surface area contributed by atoms with Crippen molar-refractivity contribution in [2.24, 2.45) is 4.40 Å². The summed E-state index contributed by atoms with van der Waals surface area (Å²) in [5.74, 6) is 0.315. The predicted octanol–water partition coefficient (Wildman–Crippen LogP) is 3.14. The third kappa shape index (κ3) is 4.26. The second-order valence-corrected chi connectivity index (χ2v) is 7.48. The molecule has 1 aromatic rings. The van der Waals surface area contributed by atoms with Crippen molar-refractivity contribution in [3.63, 3.8) is 0 Å². The Morgan fingerprint density at radius 3 is 2.05 bits per heavy atom. The van der Waals surface area contributed by atoms with Crippen LogP contribution in [-0.2, 0) is 9.81 Å². The standard InChI is InChI=1S/C12H16F3NO4S/c1-8(2)21(17,18,19)16-11(12(13,14)15)9-4-6-10(20-3)7-5-9/h4-8H,1-3H3,(H2,17,18,19). The Labute approximate surface area is 120 Å². The van der Waals surface area contributed by atoms with Gasteiger partial charge in [0.15, 0.2) is 15.5 Å². The molecule has 0 fully saturated rings. The zero-order chi connectivity index (χ0) is 16.5. The van der Waals surface area contributed by atoms with Gasteiger partial charge in [0.2, 0.25) is 0 Å². The van der Waals surface area contributed by atoms with E-state index < -0.39 is 32.5 Å². The summed E-state index contributed by atoms with van der Waals surface area (Å²) < 4.78 is 77.6. The van der Waals surface area contributed by atoms with Crippen LogP contribution in [0.2, 0.25) is 0 Å². The topological polar surface area (TPSA) is 79.1 Å². The molecule has 0 saturated heterocycles. The van der Waals surface area contributed by atoms with Crippen molar-refractivity contribution < 1.29 is 31.2 Å². The molecule has 1 aromatic carbocycles. The zero-order valence-corrected chi connectivity index (χ0v) is 12.4. The Morgan fingerprint density at radius 1 is 1.24 bits per heavy atom. The number of nitrogens with zero attached hydrogens (tertiary/aromatic N) is 1. The molecule has 120 valence electrons. The Balaban J connectivity index is 3.48. The van der Waals surface area contributed by atoms with Crippen molar-refractivity contribution in [1.82, 2.24) is 0 Å². The van der Waals surface area contributed by atoms with Crippen molar-refractivity contribution in [1.29, 1.82) is 0 Å². The molecule has 9 heteroatoms. The molecule has 0 amide bonds. The van der Waals surface area contributed by atoms with Crippen molar-refractivity contribution in [3.8, 4) is 5.75 Å². The van der Waals surface area contributed by atoms with Crippen LogP contribution in [0, 0.1) is 0 Å². The van der Waals surface area contributed by atoms with Crippen molar-refractivity contribution >= 4 is 15.5 Å². The highest BCUT2D eigenvalue weighted by Crippen LogP contribution is 2.31. The molecule has 0 heterocycles. The summed E-state index contributed by atoms with van der Waals surface area (Å²) in [5, 5.41) is -1.39. The minimum absolute atomic E-state index is 0.315. The summed E-state index contributed by atoms with van der Waals surface area (Å²) in [6.07, 6.45) is -5.00. The first kappa shape index (κ1) is 17.6. The van der Waals surface area contributed by atoms with E-state index in [0.29, 0.717) is 5.75 Å². The van der Waals surface area contributed by atoms with Gasteiger partial charge in [0, 0.05) is 5.56 Å². The normalized spacial score (nSPS) is 15.7. The summed E-state index contributed by atoms with van der Waals surface area (Å²) in [6, 6.07) is 4.57. The maximum Gasteiger partial charge on any atom is 0.434 e. The minimum atomic E-state index is -5.78. The summed E-state index contributed by atoms with van der Waals surface area (Å²) in [7, 11) is -4.44. The lowest BCUT2D eigenvalue weighted by atomic mass is 10.1. The first-order chi connectivity index (χ1) is 9.35. The maximum absolute atomic E-state index is 13.0.